The second-order valence-corrected chi connectivity index (χ2v) is 4.48. The molecule has 0 saturated heterocycles. The molecule has 2 atom stereocenters. The molecule has 0 spiro atoms. The fourth-order valence-electron chi connectivity index (χ4n) is 2.55. The van der Waals surface area contributed by atoms with Gasteiger partial charge in [0.15, 0.2) is 0 Å². The molecular formula is C13H16N2O. The molecule has 0 unspecified atom stereocenters. The highest BCUT2D eigenvalue weighted by molar-refractivity contribution is 5.75. The van der Waals surface area contributed by atoms with Gasteiger partial charge in [0.1, 0.15) is 6.61 Å². The molecule has 3 rings (SSSR count). The largest absolute Gasteiger partial charge is 0.463 e. The number of nitrogens with one attached hydrogen (secondary N) is 1. The minimum Gasteiger partial charge on any atom is -0.463 e. The van der Waals surface area contributed by atoms with Gasteiger partial charge in [0.2, 0.25) is 0 Å². The topological polar surface area (TPSA) is 33.6 Å². The van der Waals surface area contributed by atoms with Gasteiger partial charge in [0, 0.05) is 12.0 Å². The first-order chi connectivity index (χ1) is 7.84. The number of ether oxygens (including phenoxy) is 1. The van der Waals surface area contributed by atoms with E-state index in [2.05, 4.69) is 41.5 Å². The molecule has 0 saturated carbocycles. The molecule has 1 aliphatic carbocycles. The summed E-state index contributed by atoms with van der Waals surface area (Å²) < 4.78 is 5.40. The standard InChI is InChI=1S/C13H16N2O/c1-9-11-5-3-2-4-10(11)8-12(9)15-13-14-6-7-16-13/h2-5,9,12H,6-8H2,1H3,(H,14,15)/t9-,12+/m1/s1. The van der Waals surface area contributed by atoms with Crippen molar-refractivity contribution in [2.45, 2.75) is 25.3 Å². The number of benzene rings is 1. The van der Waals surface area contributed by atoms with Crippen LogP contribution in [0.5, 0.6) is 0 Å². The molecule has 0 radical (unpaired) electrons. The van der Waals surface area contributed by atoms with Gasteiger partial charge < -0.3 is 10.1 Å². The summed E-state index contributed by atoms with van der Waals surface area (Å²) in [7, 11) is 0. The van der Waals surface area contributed by atoms with Gasteiger partial charge in [0.25, 0.3) is 6.02 Å². The molecule has 0 amide bonds. The molecule has 1 aromatic rings. The van der Waals surface area contributed by atoms with Crippen LogP contribution in [-0.2, 0) is 11.2 Å². The normalized spacial score (nSPS) is 27.2. The third-order valence-corrected chi connectivity index (χ3v) is 3.48. The van der Waals surface area contributed by atoms with Crippen LogP contribution in [-0.4, -0.2) is 25.2 Å². The van der Waals surface area contributed by atoms with Gasteiger partial charge >= 0.3 is 0 Å². The summed E-state index contributed by atoms with van der Waals surface area (Å²) >= 11 is 0. The lowest BCUT2D eigenvalue weighted by Crippen LogP contribution is -2.37. The molecule has 1 aromatic carbocycles. The van der Waals surface area contributed by atoms with Crippen LogP contribution >= 0.6 is 0 Å². The minimum absolute atomic E-state index is 0.425. The van der Waals surface area contributed by atoms with Crippen molar-refractivity contribution in [1.29, 1.82) is 0 Å². The molecule has 1 heterocycles. The van der Waals surface area contributed by atoms with Crippen molar-refractivity contribution >= 4 is 6.02 Å². The van der Waals surface area contributed by atoms with E-state index in [1.165, 1.54) is 11.1 Å². The van der Waals surface area contributed by atoms with Gasteiger partial charge in [0.05, 0.1) is 6.54 Å². The van der Waals surface area contributed by atoms with Crippen molar-refractivity contribution < 1.29 is 4.74 Å². The Kier molecular flexibility index (Phi) is 2.31. The quantitative estimate of drug-likeness (QED) is 0.775. The summed E-state index contributed by atoms with van der Waals surface area (Å²) in [5.41, 5.74) is 2.91. The lowest BCUT2D eigenvalue weighted by molar-refractivity contribution is 0.322. The van der Waals surface area contributed by atoms with Crippen LogP contribution in [0.3, 0.4) is 0 Å². The Balaban J connectivity index is 1.76. The number of hydrogen-bond acceptors (Lipinski definition) is 3. The summed E-state index contributed by atoms with van der Waals surface area (Å²) in [4.78, 5) is 4.28. The first-order valence-electron chi connectivity index (χ1n) is 5.86. The summed E-state index contributed by atoms with van der Waals surface area (Å²) in [6, 6.07) is 9.81. The zero-order valence-corrected chi connectivity index (χ0v) is 9.44. The van der Waals surface area contributed by atoms with E-state index in [0.717, 1.165) is 25.6 Å². The lowest BCUT2D eigenvalue weighted by atomic mass is 10.0. The Hall–Kier alpha value is -1.51. The predicted molar refractivity (Wildman–Crippen MR) is 63.7 cm³/mol. The Morgan fingerprint density at radius 1 is 1.38 bits per heavy atom. The number of amidine groups is 1. The van der Waals surface area contributed by atoms with Crippen molar-refractivity contribution in [3.8, 4) is 0 Å². The molecule has 16 heavy (non-hydrogen) atoms. The molecule has 3 nitrogen and oxygen atoms in total. The second-order valence-electron chi connectivity index (χ2n) is 4.48. The van der Waals surface area contributed by atoms with Gasteiger partial charge in [-0.1, -0.05) is 31.2 Å². The van der Waals surface area contributed by atoms with E-state index in [4.69, 9.17) is 4.74 Å². The maximum Gasteiger partial charge on any atom is 0.285 e. The van der Waals surface area contributed by atoms with Crippen LogP contribution in [0, 0.1) is 0 Å². The van der Waals surface area contributed by atoms with Gasteiger partial charge in [-0.15, -0.1) is 0 Å². The summed E-state index contributed by atoms with van der Waals surface area (Å²) in [6.07, 6.45) is 1.07. The molecule has 3 heteroatoms. The predicted octanol–water partition coefficient (Wildman–Crippen LogP) is 1.69. The van der Waals surface area contributed by atoms with E-state index in [1.807, 2.05) is 0 Å². The summed E-state index contributed by atoms with van der Waals surface area (Å²) in [5.74, 6) is 0.531. The number of nitrogens with zero attached hydrogens (tertiary/aromatic N) is 1. The average molecular weight is 216 g/mol. The average Bonchev–Trinajstić information content (AvgIpc) is 2.90. The number of aliphatic imine (C=N–C) groups is 1. The number of fused-ring (bicyclic) bond motifs is 1. The molecule has 1 N–H and O–H groups in total. The van der Waals surface area contributed by atoms with E-state index in [9.17, 15) is 0 Å². The maximum atomic E-state index is 5.40. The molecule has 2 aliphatic rings. The van der Waals surface area contributed by atoms with Crippen molar-refractivity contribution in [2.75, 3.05) is 13.2 Å². The third-order valence-electron chi connectivity index (χ3n) is 3.48. The second kappa shape index (κ2) is 3.81. The number of hydrogen-bond donors (Lipinski definition) is 1. The number of rotatable bonds is 1. The van der Waals surface area contributed by atoms with Gasteiger partial charge in [-0.25, -0.2) is 4.99 Å². The zero-order valence-electron chi connectivity index (χ0n) is 9.44. The van der Waals surface area contributed by atoms with Crippen LogP contribution < -0.4 is 5.32 Å². The van der Waals surface area contributed by atoms with Crippen LogP contribution in [0.25, 0.3) is 0 Å². The highest BCUT2D eigenvalue weighted by Crippen LogP contribution is 2.32. The monoisotopic (exact) mass is 216 g/mol. The van der Waals surface area contributed by atoms with E-state index in [1.54, 1.807) is 0 Å². The highest BCUT2D eigenvalue weighted by Gasteiger charge is 2.30. The van der Waals surface area contributed by atoms with E-state index in [0.29, 0.717) is 12.0 Å². The Labute approximate surface area is 95.5 Å². The maximum absolute atomic E-state index is 5.40. The van der Waals surface area contributed by atoms with Gasteiger partial charge in [-0.2, -0.15) is 0 Å². The fourth-order valence-corrected chi connectivity index (χ4v) is 2.55. The van der Waals surface area contributed by atoms with Gasteiger partial charge in [-0.05, 0) is 17.5 Å². The lowest BCUT2D eigenvalue weighted by Gasteiger charge is -2.18. The molecule has 0 bridgehead atoms. The fraction of sp³-hybridized carbons (Fsp3) is 0.462. The van der Waals surface area contributed by atoms with Crippen molar-refractivity contribution in [1.82, 2.24) is 5.32 Å². The van der Waals surface area contributed by atoms with E-state index in [-0.39, 0.29) is 0 Å². The summed E-state index contributed by atoms with van der Waals surface area (Å²) in [6.45, 7) is 3.77. The molecule has 84 valence electrons. The van der Waals surface area contributed by atoms with Crippen molar-refractivity contribution in [2.24, 2.45) is 4.99 Å². The zero-order chi connectivity index (χ0) is 11.0. The minimum atomic E-state index is 0.425. The first-order valence-corrected chi connectivity index (χ1v) is 5.86. The van der Waals surface area contributed by atoms with Crippen molar-refractivity contribution in [3.05, 3.63) is 35.4 Å². The van der Waals surface area contributed by atoms with Crippen LogP contribution in [0.4, 0.5) is 0 Å². The van der Waals surface area contributed by atoms with Crippen LogP contribution in [0.15, 0.2) is 29.3 Å². The van der Waals surface area contributed by atoms with Crippen LogP contribution in [0.1, 0.15) is 24.0 Å². The molecule has 1 aliphatic heterocycles. The third kappa shape index (κ3) is 1.56. The molecule has 0 aromatic heterocycles. The SMILES string of the molecule is C[C@@H]1c2ccccc2C[C@@H]1NC1=NCCO1. The van der Waals surface area contributed by atoms with Crippen molar-refractivity contribution in [3.63, 3.8) is 0 Å². The highest BCUT2D eigenvalue weighted by atomic mass is 16.5. The molecule has 0 fully saturated rings. The van der Waals surface area contributed by atoms with Crippen LogP contribution in [0.2, 0.25) is 0 Å². The molecular weight excluding hydrogens is 200 g/mol. The van der Waals surface area contributed by atoms with Gasteiger partial charge in [-0.3, -0.25) is 0 Å². The smallest absolute Gasteiger partial charge is 0.285 e. The van der Waals surface area contributed by atoms with E-state index >= 15 is 0 Å². The van der Waals surface area contributed by atoms with E-state index < -0.39 is 0 Å². The Bertz CT molecular complexity index is 428. The first kappa shape index (κ1) is 9.70. The summed E-state index contributed by atoms with van der Waals surface area (Å²) in [5, 5.41) is 3.40. The Morgan fingerprint density at radius 2 is 2.25 bits per heavy atom. The Morgan fingerprint density at radius 3 is 3.00 bits per heavy atom.